The zero-order valence-corrected chi connectivity index (χ0v) is 13.1. The van der Waals surface area contributed by atoms with Crippen LogP contribution in [0.4, 0.5) is 4.39 Å². The molecule has 0 aliphatic rings. The van der Waals surface area contributed by atoms with Crippen molar-refractivity contribution in [1.82, 2.24) is 9.88 Å². The highest BCUT2D eigenvalue weighted by Crippen LogP contribution is 2.19. The fourth-order valence-corrected chi connectivity index (χ4v) is 2.82. The first-order valence-corrected chi connectivity index (χ1v) is 7.74. The number of amides is 1. The number of carbonyl (C=O) groups excluding carboxylic acids is 1. The average Bonchev–Trinajstić information content (AvgIpc) is 2.87. The van der Waals surface area contributed by atoms with E-state index in [4.69, 9.17) is 0 Å². The van der Waals surface area contributed by atoms with Gasteiger partial charge in [0, 0.05) is 29.9 Å². The highest BCUT2D eigenvalue weighted by atomic mass is 19.1. The van der Waals surface area contributed by atoms with Gasteiger partial charge in [-0.3, -0.25) is 4.79 Å². The van der Waals surface area contributed by atoms with Crippen molar-refractivity contribution < 1.29 is 9.18 Å². The fourth-order valence-electron chi connectivity index (χ4n) is 2.82. The van der Waals surface area contributed by atoms with Gasteiger partial charge in [-0.05, 0) is 49.1 Å². The molecule has 1 aromatic heterocycles. The summed E-state index contributed by atoms with van der Waals surface area (Å²) in [5.41, 5.74) is 2.77. The molecule has 3 rings (SSSR count). The zero-order chi connectivity index (χ0) is 16.2. The molecule has 1 heterocycles. The molecule has 0 fully saturated rings. The van der Waals surface area contributed by atoms with Gasteiger partial charge in [0.15, 0.2) is 0 Å². The summed E-state index contributed by atoms with van der Waals surface area (Å²) in [5.74, 6) is -0.634. The number of rotatable bonds is 5. The Bertz CT molecular complexity index is 838. The van der Waals surface area contributed by atoms with Crippen LogP contribution in [-0.4, -0.2) is 17.0 Å². The standard InChI is InChI=1S/C19H19FN2O/c1-14-12-15-6-2-3-9-18(15)22(14)11-5-10-21-19(23)16-7-4-8-17(20)13-16/h2-4,6-9,12-13H,5,10-11H2,1H3,(H,21,23). The van der Waals surface area contributed by atoms with E-state index in [9.17, 15) is 9.18 Å². The van der Waals surface area contributed by atoms with Gasteiger partial charge in [0.25, 0.3) is 5.91 Å². The number of para-hydroxylation sites is 1. The Morgan fingerprint density at radius 3 is 2.78 bits per heavy atom. The predicted octanol–water partition coefficient (Wildman–Crippen LogP) is 3.91. The molecule has 0 radical (unpaired) electrons. The van der Waals surface area contributed by atoms with Crippen molar-refractivity contribution >= 4 is 16.8 Å². The van der Waals surface area contributed by atoms with Gasteiger partial charge in [0.2, 0.25) is 0 Å². The van der Waals surface area contributed by atoms with Crippen LogP contribution in [0.15, 0.2) is 54.6 Å². The second kappa shape index (κ2) is 6.65. The van der Waals surface area contributed by atoms with Crippen LogP contribution in [0.25, 0.3) is 10.9 Å². The van der Waals surface area contributed by atoms with E-state index in [1.807, 2.05) is 12.1 Å². The molecule has 0 bridgehead atoms. The van der Waals surface area contributed by atoms with E-state index in [0.29, 0.717) is 12.1 Å². The first kappa shape index (κ1) is 15.3. The molecule has 0 spiro atoms. The topological polar surface area (TPSA) is 34.0 Å². The van der Waals surface area contributed by atoms with Crippen LogP contribution >= 0.6 is 0 Å². The van der Waals surface area contributed by atoms with E-state index < -0.39 is 5.82 Å². The van der Waals surface area contributed by atoms with Crippen molar-refractivity contribution in [3.8, 4) is 0 Å². The molecule has 3 aromatic rings. The summed E-state index contributed by atoms with van der Waals surface area (Å²) >= 11 is 0. The Morgan fingerprint density at radius 1 is 1.13 bits per heavy atom. The van der Waals surface area contributed by atoms with Crippen molar-refractivity contribution in [2.24, 2.45) is 0 Å². The van der Waals surface area contributed by atoms with Gasteiger partial charge >= 0.3 is 0 Å². The molecule has 0 unspecified atom stereocenters. The predicted molar refractivity (Wildman–Crippen MR) is 90.0 cm³/mol. The molecule has 1 N–H and O–H groups in total. The Hall–Kier alpha value is -2.62. The van der Waals surface area contributed by atoms with Gasteiger partial charge in [-0.2, -0.15) is 0 Å². The van der Waals surface area contributed by atoms with Crippen LogP contribution in [0.5, 0.6) is 0 Å². The summed E-state index contributed by atoms with van der Waals surface area (Å²) in [5, 5.41) is 4.07. The summed E-state index contributed by atoms with van der Waals surface area (Å²) in [7, 11) is 0. The lowest BCUT2D eigenvalue weighted by atomic mass is 10.2. The normalized spacial score (nSPS) is 10.9. The van der Waals surface area contributed by atoms with Crippen molar-refractivity contribution in [2.75, 3.05) is 6.54 Å². The van der Waals surface area contributed by atoms with Crippen LogP contribution in [-0.2, 0) is 6.54 Å². The first-order valence-electron chi connectivity index (χ1n) is 7.74. The van der Waals surface area contributed by atoms with E-state index in [2.05, 4.69) is 35.0 Å². The minimum Gasteiger partial charge on any atom is -0.352 e. The Morgan fingerprint density at radius 2 is 1.96 bits per heavy atom. The number of fused-ring (bicyclic) bond motifs is 1. The van der Waals surface area contributed by atoms with E-state index in [0.717, 1.165) is 13.0 Å². The lowest BCUT2D eigenvalue weighted by Crippen LogP contribution is -2.25. The van der Waals surface area contributed by atoms with Gasteiger partial charge < -0.3 is 9.88 Å². The van der Waals surface area contributed by atoms with Gasteiger partial charge in [-0.25, -0.2) is 4.39 Å². The Labute approximate surface area is 134 Å². The van der Waals surface area contributed by atoms with Gasteiger partial charge in [0.05, 0.1) is 0 Å². The lowest BCUT2D eigenvalue weighted by Gasteiger charge is -2.09. The molecule has 0 saturated carbocycles. The number of benzene rings is 2. The maximum Gasteiger partial charge on any atom is 0.251 e. The van der Waals surface area contributed by atoms with E-state index >= 15 is 0 Å². The number of hydrogen-bond donors (Lipinski definition) is 1. The third kappa shape index (κ3) is 3.42. The smallest absolute Gasteiger partial charge is 0.251 e. The van der Waals surface area contributed by atoms with Crippen LogP contribution in [0.1, 0.15) is 22.5 Å². The highest BCUT2D eigenvalue weighted by Gasteiger charge is 2.07. The monoisotopic (exact) mass is 310 g/mol. The van der Waals surface area contributed by atoms with E-state index in [1.165, 1.54) is 28.7 Å². The highest BCUT2D eigenvalue weighted by molar-refractivity contribution is 5.94. The quantitative estimate of drug-likeness (QED) is 0.712. The molecule has 4 heteroatoms. The molecule has 1 amide bonds. The lowest BCUT2D eigenvalue weighted by molar-refractivity contribution is 0.0952. The summed E-state index contributed by atoms with van der Waals surface area (Å²) in [4.78, 5) is 12.0. The van der Waals surface area contributed by atoms with Crippen LogP contribution in [0, 0.1) is 12.7 Å². The number of hydrogen-bond acceptors (Lipinski definition) is 1. The summed E-state index contributed by atoms with van der Waals surface area (Å²) in [6.07, 6.45) is 0.820. The second-order valence-corrected chi connectivity index (χ2v) is 5.62. The van der Waals surface area contributed by atoms with Crippen molar-refractivity contribution in [1.29, 1.82) is 0 Å². The molecule has 118 valence electrons. The molecule has 23 heavy (non-hydrogen) atoms. The fraction of sp³-hybridized carbons (Fsp3) is 0.211. The molecular weight excluding hydrogens is 291 g/mol. The van der Waals surface area contributed by atoms with E-state index in [1.54, 1.807) is 12.1 Å². The molecule has 0 aliphatic carbocycles. The summed E-state index contributed by atoms with van der Waals surface area (Å²) in [6, 6.07) is 16.2. The molecular formula is C19H19FN2O. The summed E-state index contributed by atoms with van der Waals surface area (Å²) in [6.45, 7) is 3.48. The Kier molecular flexibility index (Phi) is 4.42. The van der Waals surface area contributed by atoms with Gasteiger partial charge in [-0.15, -0.1) is 0 Å². The largest absolute Gasteiger partial charge is 0.352 e. The molecule has 3 nitrogen and oxygen atoms in total. The molecule has 2 aromatic carbocycles. The van der Waals surface area contributed by atoms with Crippen molar-refractivity contribution in [3.63, 3.8) is 0 Å². The van der Waals surface area contributed by atoms with Gasteiger partial charge in [-0.1, -0.05) is 24.3 Å². The maximum absolute atomic E-state index is 13.1. The third-order valence-corrected chi connectivity index (χ3v) is 3.95. The van der Waals surface area contributed by atoms with Crippen molar-refractivity contribution in [3.05, 3.63) is 71.7 Å². The van der Waals surface area contributed by atoms with Gasteiger partial charge in [0.1, 0.15) is 5.82 Å². The van der Waals surface area contributed by atoms with Crippen LogP contribution in [0.3, 0.4) is 0 Å². The summed E-state index contributed by atoms with van der Waals surface area (Å²) < 4.78 is 15.4. The average molecular weight is 310 g/mol. The number of aromatic nitrogens is 1. The zero-order valence-electron chi connectivity index (χ0n) is 13.1. The number of nitrogens with one attached hydrogen (secondary N) is 1. The number of nitrogens with zero attached hydrogens (tertiary/aromatic N) is 1. The SMILES string of the molecule is Cc1cc2ccccc2n1CCCNC(=O)c1cccc(F)c1. The third-order valence-electron chi connectivity index (χ3n) is 3.95. The molecule has 0 atom stereocenters. The number of carbonyl (C=O) groups is 1. The van der Waals surface area contributed by atoms with Crippen LogP contribution < -0.4 is 5.32 Å². The van der Waals surface area contributed by atoms with E-state index in [-0.39, 0.29) is 5.91 Å². The van der Waals surface area contributed by atoms with Crippen molar-refractivity contribution in [2.45, 2.75) is 19.9 Å². The molecule has 0 saturated heterocycles. The van der Waals surface area contributed by atoms with Crippen LogP contribution in [0.2, 0.25) is 0 Å². The molecule has 0 aliphatic heterocycles. The number of aryl methyl sites for hydroxylation is 2. The number of halogens is 1. The Balaban J connectivity index is 1.57. The minimum atomic E-state index is -0.396. The second-order valence-electron chi connectivity index (χ2n) is 5.62. The first-order chi connectivity index (χ1) is 11.1. The maximum atomic E-state index is 13.1. The minimum absolute atomic E-state index is 0.237.